The van der Waals surface area contributed by atoms with Crippen molar-refractivity contribution in [1.82, 2.24) is 4.57 Å². The van der Waals surface area contributed by atoms with Gasteiger partial charge in [0.05, 0.1) is 11.0 Å². The third-order valence-electron chi connectivity index (χ3n) is 8.49. The molecular formula is C38H23N. The first-order chi connectivity index (χ1) is 19.3. The topological polar surface area (TPSA) is 4.93 Å². The van der Waals surface area contributed by atoms with Gasteiger partial charge in [-0.2, -0.15) is 0 Å². The molecule has 0 fully saturated rings. The van der Waals surface area contributed by atoms with E-state index in [0.29, 0.717) is 0 Å². The molecule has 180 valence electrons. The van der Waals surface area contributed by atoms with Crippen LogP contribution in [0.5, 0.6) is 0 Å². The summed E-state index contributed by atoms with van der Waals surface area (Å²) in [6.07, 6.45) is 0. The minimum Gasteiger partial charge on any atom is -0.309 e. The van der Waals surface area contributed by atoms with Gasteiger partial charge in [-0.1, -0.05) is 115 Å². The molecule has 0 radical (unpaired) electrons. The van der Waals surface area contributed by atoms with Gasteiger partial charge in [-0.15, -0.1) is 0 Å². The maximum atomic E-state index is 2.46. The molecule has 0 spiro atoms. The zero-order chi connectivity index (χ0) is 25.5. The molecule has 0 amide bonds. The van der Waals surface area contributed by atoms with Crippen molar-refractivity contribution < 1.29 is 0 Å². The Balaban J connectivity index is 1.48. The molecule has 0 N–H and O–H groups in total. The van der Waals surface area contributed by atoms with Crippen LogP contribution >= 0.6 is 0 Å². The molecule has 0 unspecified atom stereocenters. The van der Waals surface area contributed by atoms with Gasteiger partial charge in [0.15, 0.2) is 0 Å². The molecular weight excluding hydrogens is 470 g/mol. The van der Waals surface area contributed by atoms with E-state index in [2.05, 4.69) is 144 Å². The van der Waals surface area contributed by atoms with E-state index in [4.69, 9.17) is 0 Å². The average Bonchev–Trinajstić information content (AvgIpc) is 3.32. The smallest absolute Gasteiger partial charge is 0.0619 e. The Morgan fingerprint density at radius 3 is 1.82 bits per heavy atom. The molecule has 0 aliphatic heterocycles. The van der Waals surface area contributed by atoms with Gasteiger partial charge in [-0.25, -0.2) is 0 Å². The normalized spacial score (nSPS) is 12.1. The van der Waals surface area contributed by atoms with Crippen molar-refractivity contribution in [1.29, 1.82) is 0 Å². The van der Waals surface area contributed by atoms with E-state index in [1.807, 2.05) is 0 Å². The van der Waals surface area contributed by atoms with Gasteiger partial charge in [0.25, 0.3) is 0 Å². The van der Waals surface area contributed by atoms with Crippen molar-refractivity contribution in [2.45, 2.75) is 0 Å². The van der Waals surface area contributed by atoms with Gasteiger partial charge in [-0.3, -0.25) is 0 Å². The lowest BCUT2D eigenvalue weighted by Gasteiger charge is -2.16. The molecule has 1 heteroatoms. The van der Waals surface area contributed by atoms with Crippen LogP contribution in [0.2, 0.25) is 0 Å². The third kappa shape index (κ3) is 2.85. The highest BCUT2D eigenvalue weighted by Gasteiger charge is 2.19. The van der Waals surface area contributed by atoms with E-state index in [9.17, 15) is 0 Å². The fraction of sp³-hybridized carbons (Fsp3) is 0. The Bertz CT molecular complexity index is 2360. The van der Waals surface area contributed by atoms with Crippen molar-refractivity contribution in [3.05, 3.63) is 140 Å². The first-order valence-electron chi connectivity index (χ1n) is 13.5. The second-order valence-corrected chi connectivity index (χ2v) is 10.6. The van der Waals surface area contributed by atoms with Crippen molar-refractivity contribution in [3.8, 4) is 16.8 Å². The quantitative estimate of drug-likeness (QED) is 0.211. The number of benzene rings is 8. The predicted molar refractivity (Wildman–Crippen MR) is 167 cm³/mol. The number of nitrogens with zero attached hydrogens (tertiary/aromatic N) is 1. The number of hydrogen-bond acceptors (Lipinski definition) is 0. The summed E-state index contributed by atoms with van der Waals surface area (Å²) in [6.45, 7) is 0. The van der Waals surface area contributed by atoms with Crippen LogP contribution in [0.3, 0.4) is 0 Å². The van der Waals surface area contributed by atoms with Crippen molar-refractivity contribution >= 4 is 64.9 Å². The largest absolute Gasteiger partial charge is 0.309 e. The van der Waals surface area contributed by atoms with Gasteiger partial charge in [0, 0.05) is 22.0 Å². The lowest BCUT2D eigenvalue weighted by molar-refractivity contribution is 1.18. The van der Waals surface area contributed by atoms with E-state index in [1.54, 1.807) is 0 Å². The summed E-state index contributed by atoms with van der Waals surface area (Å²) in [5.41, 5.74) is 6.20. The Morgan fingerprint density at radius 2 is 1.00 bits per heavy atom. The third-order valence-corrected chi connectivity index (χ3v) is 8.49. The van der Waals surface area contributed by atoms with E-state index in [1.165, 1.54) is 81.7 Å². The van der Waals surface area contributed by atoms with Crippen LogP contribution in [0.25, 0.3) is 81.7 Å². The monoisotopic (exact) mass is 493 g/mol. The highest BCUT2D eigenvalue weighted by molar-refractivity contribution is 6.27. The lowest BCUT2D eigenvalue weighted by Crippen LogP contribution is -1.96. The Hall–Kier alpha value is -5.14. The van der Waals surface area contributed by atoms with Gasteiger partial charge in [-0.05, 0) is 72.9 Å². The summed E-state index contributed by atoms with van der Waals surface area (Å²) in [4.78, 5) is 0. The molecule has 1 aromatic heterocycles. The molecule has 0 bridgehead atoms. The molecule has 0 atom stereocenters. The average molecular weight is 494 g/mol. The molecule has 1 heterocycles. The molecule has 0 saturated carbocycles. The standard InChI is InChI=1S/C38H23N/c1-2-12-29(13-3-1)39-35-23-28-9-5-4-8-27(28)22-34(35)33-15-7-14-32(38(33)39)30-20-18-26-17-16-24-10-6-11-25-19-21-31(30)37(26)36(24)25/h1-23H. The zero-order valence-corrected chi connectivity index (χ0v) is 21.2. The van der Waals surface area contributed by atoms with Crippen LogP contribution in [-0.2, 0) is 0 Å². The maximum Gasteiger partial charge on any atom is 0.0619 e. The van der Waals surface area contributed by atoms with Crippen LogP contribution < -0.4 is 0 Å². The van der Waals surface area contributed by atoms with Crippen LogP contribution in [0.4, 0.5) is 0 Å². The lowest BCUT2D eigenvalue weighted by atomic mass is 9.89. The molecule has 1 nitrogen and oxygen atoms in total. The van der Waals surface area contributed by atoms with Gasteiger partial charge in [0.2, 0.25) is 0 Å². The van der Waals surface area contributed by atoms with Crippen LogP contribution in [0.15, 0.2) is 140 Å². The first kappa shape index (κ1) is 20.9. The van der Waals surface area contributed by atoms with E-state index >= 15 is 0 Å². The second-order valence-electron chi connectivity index (χ2n) is 10.6. The molecule has 8 aromatic carbocycles. The molecule has 0 saturated heterocycles. The van der Waals surface area contributed by atoms with Crippen LogP contribution in [0.1, 0.15) is 0 Å². The summed E-state index contributed by atoms with van der Waals surface area (Å²) >= 11 is 0. The van der Waals surface area contributed by atoms with E-state index < -0.39 is 0 Å². The first-order valence-corrected chi connectivity index (χ1v) is 13.5. The summed E-state index contributed by atoms with van der Waals surface area (Å²) in [5, 5.41) is 13.0. The Morgan fingerprint density at radius 1 is 0.359 bits per heavy atom. The minimum atomic E-state index is 1.18. The van der Waals surface area contributed by atoms with Crippen molar-refractivity contribution in [2.24, 2.45) is 0 Å². The Kier molecular flexibility index (Phi) is 4.11. The SMILES string of the molecule is c1ccc(-n2c3cc4ccccc4cc3c3cccc(-c4ccc5ccc6cccc7ccc4c5c67)c32)cc1. The van der Waals surface area contributed by atoms with E-state index in [-0.39, 0.29) is 0 Å². The zero-order valence-electron chi connectivity index (χ0n) is 21.2. The maximum absolute atomic E-state index is 2.46. The molecule has 9 aromatic rings. The molecule has 0 aliphatic carbocycles. The van der Waals surface area contributed by atoms with Gasteiger partial charge < -0.3 is 4.57 Å². The van der Waals surface area contributed by atoms with Gasteiger partial charge >= 0.3 is 0 Å². The van der Waals surface area contributed by atoms with Crippen molar-refractivity contribution in [2.75, 3.05) is 0 Å². The van der Waals surface area contributed by atoms with Gasteiger partial charge in [0.1, 0.15) is 0 Å². The minimum absolute atomic E-state index is 1.18. The fourth-order valence-electron chi connectivity index (χ4n) is 6.78. The number of aromatic nitrogens is 1. The number of para-hydroxylation sites is 2. The highest BCUT2D eigenvalue weighted by Crippen LogP contribution is 2.44. The Labute approximate surface area is 225 Å². The van der Waals surface area contributed by atoms with Crippen molar-refractivity contribution in [3.63, 3.8) is 0 Å². The second kappa shape index (κ2) is 7.69. The predicted octanol–water partition coefficient (Wildman–Crippen LogP) is 10.5. The molecule has 9 rings (SSSR count). The number of fused-ring (bicyclic) bond motifs is 4. The van der Waals surface area contributed by atoms with Crippen LogP contribution in [0, 0.1) is 0 Å². The van der Waals surface area contributed by atoms with E-state index in [0.717, 1.165) is 0 Å². The molecule has 0 aliphatic rings. The number of rotatable bonds is 2. The summed E-state index contributed by atoms with van der Waals surface area (Å²) in [5.74, 6) is 0. The highest BCUT2D eigenvalue weighted by atomic mass is 15.0. The summed E-state index contributed by atoms with van der Waals surface area (Å²) < 4.78 is 2.46. The number of hydrogen-bond donors (Lipinski definition) is 0. The van der Waals surface area contributed by atoms with Crippen LogP contribution in [-0.4, -0.2) is 4.57 Å². The summed E-state index contributed by atoms with van der Waals surface area (Å²) in [6, 6.07) is 51.3. The molecule has 39 heavy (non-hydrogen) atoms. The fourth-order valence-corrected chi connectivity index (χ4v) is 6.78. The summed E-state index contributed by atoms with van der Waals surface area (Å²) in [7, 11) is 0.